The molecule has 2 aromatic heterocycles. The minimum absolute atomic E-state index is 0.103. The van der Waals surface area contributed by atoms with E-state index in [0.717, 1.165) is 54.1 Å². The SMILES string of the molecule is Cc1ccc(S(=O)(=O)O[C@H]2C[C@@H](C#Cc3ccc(-c4cc(Cn5ccnc5[C@H](C)OC5CCCCO5)no4)cc3)C2)cc1. The fourth-order valence-electron chi connectivity index (χ4n) is 5.22. The van der Waals surface area contributed by atoms with Gasteiger partial charge in [-0.1, -0.05) is 34.7 Å². The summed E-state index contributed by atoms with van der Waals surface area (Å²) in [6, 6.07) is 16.4. The summed E-state index contributed by atoms with van der Waals surface area (Å²) in [5.41, 5.74) is 3.56. The summed E-state index contributed by atoms with van der Waals surface area (Å²) in [6.07, 6.45) is 7.23. The highest BCUT2D eigenvalue weighted by molar-refractivity contribution is 7.86. The second kappa shape index (κ2) is 12.9. The van der Waals surface area contributed by atoms with Crippen LogP contribution >= 0.6 is 0 Å². The van der Waals surface area contributed by atoms with Crippen LogP contribution in [0.25, 0.3) is 11.3 Å². The Kier molecular flexibility index (Phi) is 8.77. The number of hydrogen-bond donors (Lipinski definition) is 0. The van der Waals surface area contributed by atoms with E-state index in [1.807, 2.05) is 54.9 Å². The minimum atomic E-state index is -3.76. The monoisotopic (exact) mass is 601 g/mol. The second-order valence-corrected chi connectivity index (χ2v) is 12.7. The van der Waals surface area contributed by atoms with Gasteiger partial charge in [0, 0.05) is 42.1 Å². The maximum atomic E-state index is 12.5. The molecular weight excluding hydrogens is 566 g/mol. The molecule has 1 saturated carbocycles. The lowest BCUT2D eigenvalue weighted by Gasteiger charge is -2.30. The van der Waals surface area contributed by atoms with Crippen molar-refractivity contribution in [2.75, 3.05) is 6.61 Å². The molecule has 1 aliphatic carbocycles. The van der Waals surface area contributed by atoms with E-state index < -0.39 is 10.1 Å². The average molecular weight is 602 g/mol. The standard InChI is InChI=1S/C33H35N3O6S/c1-23-6-14-30(15-7-23)43(37,38)42-29-19-26(20-29)9-8-25-10-12-27(13-11-25)31-21-28(35-41-31)22-36-17-16-34-33(36)24(2)40-32-5-3-4-18-39-32/h6-7,10-17,21,24,26,29,32H,3-5,18-20,22H2,1-2H3/t24-,26-,29+,32?/m0/s1. The summed E-state index contributed by atoms with van der Waals surface area (Å²) in [5, 5.41) is 4.27. The van der Waals surface area contributed by atoms with Gasteiger partial charge in [-0.15, -0.1) is 0 Å². The first-order valence-electron chi connectivity index (χ1n) is 14.7. The van der Waals surface area contributed by atoms with E-state index in [9.17, 15) is 8.42 Å². The Morgan fingerprint density at radius 2 is 1.88 bits per heavy atom. The molecule has 0 radical (unpaired) electrons. The lowest BCUT2D eigenvalue weighted by atomic mass is 9.83. The Labute approximate surface area is 252 Å². The van der Waals surface area contributed by atoms with Crippen LogP contribution in [0.5, 0.6) is 0 Å². The number of hydrogen-bond acceptors (Lipinski definition) is 8. The molecule has 10 heteroatoms. The van der Waals surface area contributed by atoms with Crippen LogP contribution < -0.4 is 0 Å². The van der Waals surface area contributed by atoms with Gasteiger partial charge in [-0.3, -0.25) is 4.18 Å². The highest BCUT2D eigenvalue weighted by Crippen LogP contribution is 2.32. The first-order chi connectivity index (χ1) is 20.8. The number of aryl methyl sites for hydroxylation is 1. The molecule has 0 N–H and O–H groups in total. The first kappa shape index (κ1) is 29.3. The average Bonchev–Trinajstić information content (AvgIpc) is 3.65. The van der Waals surface area contributed by atoms with E-state index in [1.165, 1.54) is 0 Å². The fourth-order valence-corrected chi connectivity index (χ4v) is 6.32. The highest BCUT2D eigenvalue weighted by atomic mass is 32.2. The second-order valence-electron chi connectivity index (χ2n) is 11.2. The molecule has 43 heavy (non-hydrogen) atoms. The van der Waals surface area contributed by atoms with Gasteiger partial charge in [0.25, 0.3) is 10.1 Å². The molecular formula is C33H35N3O6S. The zero-order chi connectivity index (χ0) is 29.8. The molecule has 2 atom stereocenters. The first-order valence-corrected chi connectivity index (χ1v) is 16.1. The van der Waals surface area contributed by atoms with E-state index in [-0.39, 0.29) is 29.3 Å². The predicted octanol–water partition coefficient (Wildman–Crippen LogP) is 6.03. The maximum absolute atomic E-state index is 12.5. The van der Waals surface area contributed by atoms with Crippen LogP contribution in [-0.4, -0.2) is 42.1 Å². The molecule has 6 rings (SSSR count). The molecule has 2 fully saturated rings. The van der Waals surface area contributed by atoms with E-state index in [1.54, 1.807) is 30.5 Å². The van der Waals surface area contributed by atoms with Gasteiger partial charge in [0.2, 0.25) is 0 Å². The molecule has 0 amide bonds. The summed E-state index contributed by atoms with van der Waals surface area (Å²) in [5.74, 6) is 8.03. The lowest BCUT2D eigenvalue weighted by molar-refractivity contribution is -0.188. The molecule has 1 unspecified atom stereocenters. The normalized spacial score (nSPS) is 21.0. The van der Waals surface area contributed by atoms with Crippen LogP contribution in [0.15, 0.2) is 76.4 Å². The third-order valence-corrected chi connectivity index (χ3v) is 9.13. The van der Waals surface area contributed by atoms with Gasteiger partial charge in [-0.05, 0) is 82.3 Å². The van der Waals surface area contributed by atoms with Crippen molar-refractivity contribution in [1.29, 1.82) is 0 Å². The Balaban J connectivity index is 1.01. The van der Waals surface area contributed by atoms with Crippen LogP contribution in [0.2, 0.25) is 0 Å². The minimum Gasteiger partial charge on any atom is -0.356 e. The van der Waals surface area contributed by atoms with Crippen molar-refractivity contribution in [3.63, 3.8) is 0 Å². The van der Waals surface area contributed by atoms with Gasteiger partial charge in [0.1, 0.15) is 17.6 Å². The molecule has 224 valence electrons. The fraction of sp³-hybridized carbons (Fsp3) is 0.394. The third kappa shape index (κ3) is 7.25. The van der Waals surface area contributed by atoms with E-state index in [4.69, 9.17) is 18.2 Å². The van der Waals surface area contributed by atoms with Gasteiger partial charge in [-0.25, -0.2) is 4.98 Å². The van der Waals surface area contributed by atoms with Gasteiger partial charge < -0.3 is 18.6 Å². The number of aromatic nitrogens is 3. The van der Waals surface area contributed by atoms with Gasteiger partial charge in [0.15, 0.2) is 12.1 Å². The topological polar surface area (TPSA) is 106 Å². The molecule has 4 aromatic rings. The van der Waals surface area contributed by atoms with Crippen molar-refractivity contribution < 1.29 is 26.6 Å². The van der Waals surface area contributed by atoms with Crippen molar-refractivity contribution in [1.82, 2.24) is 14.7 Å². The summed E-state index contributed by atoms with van der Waals surface area (Å²) in [4.78, 5) is 4.69. The van der Waals surface area contributed by atoms with E-state index >= 15 is 0 Å². The molecule has 3 heterocycles. The smallest absolute Gasteiger partial charge is 0.297 e. The molecule has 9 nitrogen and oxygen atoms in total. The summed E-state index contributed by atoms with van der Waals surface area (Å²) in [7, 11) is -3.76. The van der Waals surface area contributed by atoms with Crippen LogP contribution in [0.4, 0.5) is 0 Å². The summed E-state index contributed by atoms with van der Waals surface area (Å²) in [6.45, 7) is 5.15. The predicted molar refractivity (Wildman–Crippen MR) is 159 cm³/mol. The van der Waals surface area contributed by atoms with Gasteiger partial charge >= 0.3 is 0 Å². The molecule has 0 spiro atoms. The zero-order valence-electron chi connectivity index (χ0n) is 24.3. The molecule has 1 aliphatic heterocycles. The van der Waals surface area contributed by atoms with Crippen LogP contribution in [-0.2, 0) is 30.3 Å². The maximum Gasteiger partial charge on any atom is 0.297 e. The summed E-state index contributed by atoms with van der Waals surface area (Å²) >= 11 is 0. The number of imidazole rings is 1. The third-order valence-electron chi connectivity index (χ3n) is 7.75. The Morgan fingerprint density at radius 1 is 1.09 bits per heavy atom. The van der Waals surface area contributed by atoms with Crippen LogP contribution in [0.3, 0.4) is 0 Å². The van der Waals surface area contributed by atoms with E-state index in [2.05, 4.69) is 22.0 Å². The quantitative estimate of drug-likeness (QED) is 0.169. The Bertz CT molecular complexity index is 1690. The molecule has 2 aliphatic rings. The van der Waals surface area contributed by atoms with Crippen molar-refractivity contribution in [3.8, 4) is 23.2 Å². The Morgan fingerprint density at radius 3 is 2.63 bits per heavy atom. The molecule has 0 bridgehead atoms. The van der Waals surface area contributed by atoms with Crippen molar-refractivity contribution in [2.45, 2.75) is 75.9 Å². The zero-order valence-corrected chi connectivity index (χ0v) is 25.1. The van der Waals surface area contributed by atoms with Crippen molar-refractivity contribution >= 4 is 10.1 Å². The van der Waals surface area contributed by atoms with Crippen molar-refractivity contribution in [2.24, 2.45) is 5.92 Å². The van der Waals surface area contributed by atoms with Crippen LogP contribution in [0, 0.1) is 24.7 Å². The number of nitrogens with zero attached hydrogens (tertiary/aromatic N) is 3. The van der Waals surface area contributed by atoms with Gasteiger partial charge in [-0.2, -0.15) is 8.42 Å². The summed E-state index contributed by atoms with van der Waals surface area (Å²) < 4.78 is 49.9. The van der Waals surface area contributed by atoms with E-state index in [0.29, 0.717) is 25.1 Å². The Hall–Kier alpha value is -3.75. The van der Waals surface area contributed by atoms with Gasteiger partial charge in [0.05, 0.1) is 17.5 Å². The molecule has 1 saturated heterocycles. The van der Waals surface area contributed by atoms with Crippen LogP contribution in [0.1, 0.15) is 67.8 Å². The number of rotatable bonds is 9. The number of benzene rings is 2. The largest absolute Gasteiger partial charge is 0.356 e. The number of ether oxygens (including phenoxy) is 2. The lowest BCUT2D eigenvalue weighted by Crippen LogP contribution is -2.32. The highest BCUT2D eigenvalue weighted by Gasteiger charge is 2.33. The van der Waals surface area contributed by atoms with Crippen molar-refractivity contribution in [3.05, 3.63) is 89.6 Å². The molecule has 2 aromatic carbocycles.